The number of ether oxygens (including phenoxy) is 2. The van der Waals surface area contributed by atoms with E-state index < -0.39 is 4.92 Å². The van der Waals surface area contributed by atoms with Crippen LogP contribution in [0.4, 0.5) is 5.69 Å². The van der Waals surface area contributed by atoms with Gasteiger partial charge in [0, 0.05) is 30.3 Å². The maximum atomic E-state index is 13.6. The molecule has 0 N–H and O–H groups in total. The van der Waals surface area contributed by atoms with E-state index in [1.165, 1.54) is 11.6 Å². The van der Waals surface area contributed by atoms with Crippen molar-refractivity contribution < 1.29 is 19.2 Å². The molecule has 3 aromatic rings. The lowest BCUT2D eigenvalue weighted by Gasteiger charge is -2.24. The minimum absolute atomic E-state index is 0.0301. The fourth-order valence-corrected chi connectivity index (χ4v) is 4.00. The highest BCUT2D eigenvalue weighted by Gasteiger charge is 2.21. The molecule has 190 valence electrons. The van der Waals surface area contributed by atoms with Crippen LogP contribution in [0.25, 0.3) is 0 Å². The molecule has 0 heterocycles. The van der Waals surface area contributed by atoms with Crippen LogP contribution in [0, 0.1) is 17.0 Å². The van der Waals surface area contributed by atoms with Crippen LogP contribution in [-0.4, -0.2) is 36.5 Å². The summed E-state index contributed by atoms with van der Waals surface area (Å²) >= 11 is 0. The number of nitro benzene ring substituents is 1. The number of methoxy groups -OCH3 is 2. The smallest absolute Gasteiger partial charge is 0.273 e. The van der Waals surface area contributed by atoms with E-state index in [-0.39, 0.29) is 17.0 Å². The molecule has 0 aliphatic rings. The Kier molecular flexibility index (Phi) is 8.35. The zero-order valence-corrected chi connectivity index (χ0v) is 21.8. The lowest BCUT2D eigenvalue weighted by atomic mass is 9.87. The number of hydrogen-bond donors (Lipinski definition) is 0. The summed E-state index contributed by atoms with van der Waals surface area (Å²) in [6, 6.07) is 18.6. The number of amides is 1. The SMILES string of the molecule is COc1ccc(CCN(Cc2ccc(C(C)(C)C)cc2)C(=O)c2ccc(C)c([N+](=O)[O-])c2)cc1OC. The van der Waals surface area contributed by atoms with Crippen LogP contribution in [0.3, 0.4) is 0 Å². The Labute approximate surface area is 212 Å². The molecule has 3 aromatic carbocycles. The molecule has 0 aliphatic carbocycles. The van der Waals surface area contributed by atoms with E-state index in [1.54, 1.807) is 38.2 Å². The summed E-state index contributed by atoms with van der Waals surface area (Å²) in [7, 11) is 3.17. The number of nitrogens with zero attached hydrogens (tertiary/aromatic N) is 2. The van der Waals surface area contributed by atoms with Gasteiger partial charge in [-0.1, -0.05) is 57.2 Å². The largest absolute Gasteiger partial charge is 0.493 e. The molecule has 36 heavy (non-hydrogen) atoms. The van der Waals surface area contributed by atoms with Gasteiger partial charge in [0.2, 0.25) is 0 Å². The molecule has 0 aliphatic heterocycles. The average Bonchev–Trinajstić information content (AvgIpc) is 2.85. The van der Waals surface area contributed by atoms with Crippen LogP contribution in [0.1, 0.15) is 53.4 Å². The zero-order valence-electron chi connectivity index (χ0n) is 21.8. The van der Waals surface area contributed by atoms with E-state index in [1.807, 2.05) is 30.3 Å². The van der Waals surface area contributed by atoms with Gasteiger partial charge in [-0.2, -0.15) is 0 Å². The Bertz CT molecular complexity index is 1230. The summed E-state index contributed by atoms with van der Waals surface area (Å²) in [6.07, 6.45) is 0.583. The van der Waals surface area contributed by atoms with Crippen LogP contribution in [0.15, 0.2) is 60.7 Å². The van der Waals surface area contributed by atoms with Gasteiger partial charge in [-0.15, -0.1) is 0 Å². The van der Waals surface area contributed by atoms with E-state index in [0.717, 1.165) is 11.1 Å². The van der Waals surface area contributed by atoms with Crippen LogP contribution in [0.2, 0.25) is 0 Å². The van der Waals surface area contributed by atoms with Crippen LogP contribution >= 0.6 is 0 Å². The topological polar surface area (TPSA) is 81.9 Å². The molecule has 0 unspecified atom stereocenters. The highest BCUT2D eigenvalue weighted by molar-refractivity contribution is 5.95. The molecule has 7 nitrogen and oxygen atoms in total. The molecule has 1 amide bonds. The Balaban J connectivity index is 1.89. The lowest BCUT2D eigenvalue weighted by Crippen LogP contribution is -2.32. The van der Waals surface area contributed by atoms with E-state index in [0.29, 0.717) is 42.1 Å². The van der Waals surface area contributed by atoms with Gasteiger partial charge < -0.3 is 14.4 Å². The summed E-state index contributed by atoms with van der Waals surface area (Å²) in [5.41, 5.74) is 3.98. The van der Waals surface area contributed by atoms with Gasteiger partial charge in [-0.25, -0.2) is 0 Å². The number of nitro groups is 1. The standard InChI is InChI=1S/C29H34N2O5/c1-20-7-11-23(18-25(20)31(33)34)28(32)30(19-22-8-12-24(13-9-22)29(2,3)4)16-15-21-10-14-26(35-5)27(17-21)36-6/h7-14,17-18H,15-16,19H2,1-6H3. The number of benzene rings is 3. The Morgan fingerprint density at radius 2 is 1.56 bits per heavy atom. The van der Waals surface area contributed by atoms with Crippen molar-refractivity contribution in [2.75, 3.05) is 20.8 Å². The molecular formula is C29H34N2O5. The fourth-order valence-electron chi connectivity index (χ4n) is 4.00. The second-order valence-electron chi connectivity index (χ2n) is 9.87. The van der Waals surface area contributed by atoms with Gasteiger partial charge >= 0.3 is 0 Å². The first-order chi connectivity index (χ1) is 17.0. The molecule has 0 saturated carbocycles. The quantitative estimate of drug-likeness (QED) is 0.267. The van der Waals surface area contributed by atoms with E-state index >= 15 is 0 Å². The zero-order chi connectivity index (χ0) is 26.5. The van der Waals surface area contributed by atoms with Gasteiger partial charge in [-0.3, -0.25) is 14.9 Å². The maximum absolute atomic E-state index is 13.6. The van der Waals surface area contributed by atoms with E-state index in [4.69, 9.17) is 9.47 Å². The number of hydrogen-bond acceptors (Lipinski definition) is 5. The molecule has 0 bridgehead atoms. The van der Waals surface area contributed by atoms with Gasteiger partial charge in [0.15, 0.2) is 11.5 Å². The predicted molar refractivity (Wildman–Crippen MR) is 141 cm³/mol. The van der Waals surface area contributed by atoms with Crippen molar-refractivity contribution in [1.29, 1.82) is 0 Å². The first-order valence-electron chi connectivity index (χ1n) is 11.9. The molecule has 0 aromatic heterocycles. The third-order valence-electron chi connectivity index (χ3n) is 6.25. The van der Waals surface area contributed by atoms with Gasteiger partial charge in [0.25, 0.3) is 11.6 Å². The van der Waals surface area contributed by atoms with Crippen molar-refractivity contribution in [3.8, 4) is 11.5 Å². The Morgan fingerprint density at radius 1 is 0.917 bits per heavy atom. The van der Waals surface area contributed by atoms with E-state index in [9.17, 15) is 14.9 Å². The summed E-state index contributed by atoms with van der Waals surface area (Å²) < 4.78 is 10.7. The highest BCUT2D eigenvalue weighted by Crippen LogP contribution is 2.28. The average molecular weight is 491 g/mol. The Morgan fingerprint density at radius 3 is 2.14 bits per heavy atom. The summed E-state index contributed by atoms with van der Waals surface area (Å²) in [4.78, 5) is 26.3. The minimum atomic E-state index is -0.453. The molecule has 0 radical (unpaired) electrons. The van der Waals surface area contributed by atoms with Crippen molar-refractivity contribution in [3.63, 3.8) is 0 Å². The monoisotopic (exact) mass is 490 g/mol. The number of aryl methyl sites for hydroxylation is 1. The number of carbonyl (C=O) groups excluding carboxylic acids is 1. The van der Waals surface area contributed by atoms with Crippen molar-refractivity contribution in [3.05, 3.63) is 98.6 Å². The summed E-state index contributed by atoms with van der Waals surface area (Å²) in [5, 5.41) is 11.5. The first kappa shape index (κ1) is 26.7. The van der Waals surface area contributed by atoms with Crippen molar-refractivity contribution in [2.24, 2.45) is 0 Å². The fraction of sp³-hybridized carbons (Fsp3) is 0.345. The van der Waals surface area contributed by atoms with E-state index in [2.05, 4.69) is 32.9 Å². The molecule has 0 spiro atoms. The highest BCUT2D eigenvalue weighted by atomic mass is 16.6. The van der Waals surface area contributed by atoms with Crippen LogP contribution in [0.5, 0.6) is 11.5 Å². The minimum Gasteiger partial charge on any atom is -0.493 e. The summed E-state index contributed by atoms with van der Waals surface area (Å²) in [6.45, 7) is 8.95. The maximum Gasteiger partial charge on any atom is 0.273 e. The third-order valence-corrected chi connectivity index (χ3v) is 6.25. The molecule has 0 saturated heterocycles. The van der Waals surface area contributed by atoms with Crippen LogP contribution < -0.4 is 9.47 Å². The molecule has 0 fully saturated rings. The van der Waals surface area contributed by atoms with Crippen molar-refractivity contribution in [1.82, 2.24) is 4.90 Å². The second-order valence-corrected chi connectivity index (χ2v) is 9.87. The normalized spacial score (nSPS) is 11.2. The van der Waals surface area contributed by atoms with Crippen molar-refractivity contribution in [2.45, 2.75) is 46.1 Å². The Hall–Kier alpha value is -3.87. The first-order valence-corrected chi connectivity index (χ1v) is 11.9. The molecule has 0 atom stereocenters. The lowest BCUT2D eigenvalue weighted by molar-refractivity contribution is -0.385. The van der Waals surface area contributed by atoms with Crippen LogP contribution in [-0.2, 0) is 18.4 Å². The van der Waals surface area contributed by atoms with Crippen molar-refractivity contribution >= 4 is 11.6 Å². The molecular weight excluding hydrogens is 456 g/mol. The summed E-state index contributed by atoms with van der Waals surface area (Å²) in [5.74, 6) is 1.01. The number of rotatable bonds is 9. The van der Waals surface area contributed by atoms with Gasteiger partial charge in [0.1, 0.15) is 0 Å². The molecule has 7 heteroatoms. The molecule has 3 rings (SSSR count). The van der Waals surface area contributed by atoms with Gasteiger partial charge in [0.05, 0.1) is 19.1 Å². The second kappa shape index (κ2) is 11.2. The third kappa shape index (κ3) is 6.42. The number of carbonyl (C=O) groups is 1. The predicted octanol–water partition coefficient (Wildman–Crippen LogP) is 6.10. The van der Waals surface area contributed by atoms with Gasteiger partial charge in [-0.05, 0) is 53.6 Å².